The minimum absolute atomic E-state index is 0.142. The van der Waals surface area contributed by atoms with Crippen molar-refractivity contribution in [2.24, 2.45) is 10.4 Å². The Morgan fingerprint density at radius 2 is 1.87 bits per heavy atom. The Hall–Kier alpha value is -3.46. The Kier molecular flexibility index (Phi) is 14.7. The van der Waals surface area contributed by atoms with Crippen molar-refractivity contribution in [3.05, 3.63) is 48.4 Å². The lowest BCUT2D eigenvalue weighted by Crippen LogP contribution is -2.31. The molecule has 0 bridgehead atoms. The number of halogens is 1. The Morgan fingerprint density at radius 1 is 1.16 bits per heavy atom. The molecule has 2 amide bonds. The number of anilines is 2. The molecule has 4 N–H and O–H groups in total. The van der Waals surface area contributed by atoms with E-state index in [1.165, 1.54) is 25.1 Å². The minimum Gasteiger partial charge on any atom is -0.492 e. The van der Waals surface area contributed by atoms with Crippen molar-refractivity contribution in [2.45, 2.75) is 60.8 Å². The number of hydrogen-bond acceptors (Lipinski definition) is 6. The maximum absolute atomic E-state index is 14.9. The van der Waals surface area contributed by atoms with E-state index in [-0.39, 0.29) is 17.0 Å². The highest BCUT2D eigenvalue weighted by molar-refractivity contribution is 5.88. The summed E-state index contributed by atoms with van der Waals surface area (Å²) in [6.45, 7) is 18.0. The summed E-state index contributed by atoms with van der Waals surface area (Å²) in [4.78, 5) is 20.5. The first kappa shape index (κ1) is 32.6. The average molecular weight is 529 g/mol. The quantitative estimate of drug-likeness (QED) is 0.176. The van der Waals surface area contributed by atoms with E-state index in [2.05, 4.69) is 72.4 Å². The summed E-state index contributed by atoms with van der Waals surface area (Å²) in [5.74, 6) is 0.288. The number of amides is 2. The average Bonchev–Trinajstić information content (AvgIpc) is 2.84. The Balaban J connectivity index is 0.00000168. The van der Waals surface area contributed by atoms with Crippen LogP contribution < -0.4 is 26.0 Å². The van der Waals surface area contributed by atoms with Gasteiger partial charge in [-0.1, -0.05) is 54.0 Å². The number of likely N-dealkylation sites (N-methyl/N-ethyl adjacent to an activating group) is 1. The SMILES string of the molecule is C=C(Nc1ccc(NC(=O)NCCC(C)(C)C)nc1)c1c(F)cc(OCCNC)cc1N=CC.CCCC. The molecule has 0 spiro atoms. The van der Waals surface area contributed by atoms with Gasteiger partial charge in [-0.15, -0.1) is 0 Å². The van der Waals surface area contributed by atoms with E-state index >= 15 is 0 Å². The molecule has 1 aromatic heterocycles. The molecule has 0 fully saturated rings. The smallest absolute Gasteiger partial charge is 0.320 e. The molecule has 210 valence electrons. The van der Waals surface area contributed by atoms with Gasteiger partial charge in [-0.25, -0.2) is 14.2 Å². The van der Waals surface area contributed by atoms with Crippen LogP contribution in [0.5, 0.6) is 5.75 Å². The highest BCUT2D eigenvalue weighted by atomic mass is 19.1. The topological polar surface area (TPSA) is 99.7 Å². The molecule has 0 aliphatic heterocycles. The number of hydrogen-bond donors (Lipinski definition) is 4. The summed E-state index contributed by atoms with van der Waals surface area (Å²) in [6.07, 6.45) is 6.62. The third kappa shape index (κ3) is 12.7. The highest BCUT2D eigenvalue weighted by Gasteiger charge is 2.15. The van der Waals surface area contributed by atoms with Crippen LogP contribution in [0.3, 0.4) is 0 Å². The number of unbranched alkanes of at least 4 members (excludes halogenated alkanes) is 1. The number of nitrogens with zero attached hydrogens (tertiary/aromatic N) is 2. The zero-order valence-corrected chi connectivity index (χ0v) is 24.0. The maximum atomic E-state index is 14.9. The van der Waals surface area contributed by atoms with Crippen molar-refractivity contribution in [1.82, 2.24) is 15.6 Å². The van der Waals surface area contributed by atoms with Gasteiger partial charge in [-0.2, -0.15) is 0 Å². The molecule has 8 nitrogen and oxygen atoms in total. The lowest BCUT2D eigenvalue weighted by atomic mass is 9.92. The van der Waals surface area contributed by atoms with Crippen LogP contribution in [0.25, 0.3) is 5.70 Å². The molecule has 2 rings (SSSR count). The molecule has 1 heterocycles. The van der Waals surface area contributed by atoms with E-state index in [0.717, 1.165) is 6.42 Å². The van der Waals surface area contributed by atoms with Gasteiger partial charge in [0.15, 0.2) is 0 Å². The van der Waals surface area contributed by atoms with Gasteiger partial charge >= 0.3 is 6.03 Å². The summed E-state index contributed by atoms with van der Waals surface area (Å²) < 4.78 is 20.5. The van der Waals surface area contributed by atoms with Crippen molar-refractivity contribution >= 4 is 35.1 Å². The number of pyridine rings is 1. The second-order valence-corrected chi connectivity index (χ2v) is 9.87. The van der Waals surface area contributed by atoms with Crippen molar-refractivity contribution in [2.75, 3.05) is 37.4 Å². The van der Waals surface area contributed by atoms with Gasteiger partial charge in [0.1, 0.15) is 24.0 Å². The number of nitrogens with one attached hydrogen (secondary N) is 4. The first-order chi connectivity index (χ1) is 18.0. The van der Waals surface area contributed by atoms with Crippen LogP contribution in [-0.2, 0) is 0 Å². The zero-order valence-electron chi connectivity index (χ0n) is 24.0. The van der Waals surface area contributed by atoms with Crippen LogP contribution in [0.1, 0.15) is 66.4 Å². The van der Waals surface area contributed by atoms with E-state index < -0.39 is 5.82 Å². The number of aromatic nitrogens is 1. The Morgan fingerprint density at radius 3 is 2.42 bits per heavy atom. The van der Waals surface area contributed by atoms with Gasteiger partial charge < -0.3 is 20.7 Å². The first-order valence-corrected chi connectivity index (χ1v) is 13.1. The second-order valence-electron chi connectivity index (χ2n) is 9.87. The molecule has 0 radical (unpaired) electrons. The fraction of sp³-hybridized carbons (Fsp3) is 0.483. The summed E-state index contributed by atoms with van der Waals surface area (Å²) in [6, 6.07) is 6.04. The van der Waals surface area contributed by atoms with Gasteiger partial charge in [0.2, 0.25) is 0 Å². The zero-order chi connectivity index (χ0) is 28.6. The van der Waals surface area contributed by atoms with E-state index in [9.17, 15) is 9.18 Å². The predicted octanol–water partition coefficient (Wildman–Crippen LogP) is 6.99. The normalized spacial score (nSPS) is 10.9. The molecule has 9 heteroatoms. The van der Waals surface area contributed by atoms with Crippen LogP contribution in [0.2, 0.25) is 0 Å². The van der Waals surface area contributed by atoms with Crippen LogP contribution in [0.15, 0.2) is 42.0 Å². The molecule has 0 saturated heterocycles. The molecule has 0 saturated carbocycles. The summed E-state index contributed by atoms with van der Waals surface area (Å²) in [7, 11) is 1.82. The van der Waals surface area contributed by atoms with Gasteiger partial charge in [0, 0.05) is 37.1 Å². The van der Waals surface area contributed by atoms with Crippen LogP contribution in [-0.4, -0.2) is 44.0 Å². The maximum Gasteiger partial charge on any atom is 0.320 e. The van der Waals surface area contributed by atoms with E-state index in [0.29, 0.717) is 48.3 Å². The lowest BCUT2D eigenvalue weighted by Gasteiger charge is -2.18. The van der Waals surface area contributed by atoms with Crippen molar-refractivity contribution in [1.29, 1.82) is 0 Å². The van der Waals surface area contributed by atoms with Crippen molar-refractivity contribution in [3.63, 3.8) is 0 Å². The highest BCUT2D eigenvalue weighted by Crippen LogP contribution is 2.33. The number of carbonyl (C=O) groups excluding carboxylic acids is 1. The molecule has 0 aliphatic carbocycles. The molecule has 0 aliphatic rings. The van der Waals surface area contributed by atoms with Gasteiger partial charge in [0.25, 0.3) is 0 Å². The summed E-state index contributed by atoms with van der Waals surface area (Å²) in [5.41, 5.74) is 1.69. The van der Waals surface area contributed by atoms with E-state index in [1.54, 1.807) is 31.3 Å². The number of aliphatic imine (C=N–C) groups is 1. The number of ether oxygens (including phenoxy) is 1. The summed E-state index contributed by atoms with van der Waals surface area (Å²) >= 11 is 0. The number of carbonyl (C=O) groups is 1. The monoisotopic (exact) mass is 528 g/mol. The molecule has 0 atom stereocenters. The van der Waals surface area contributed by atoms with E-state index in [1.807, 2.05) is 7.05 Å². The minimum atomic E-state index is -0.502. The second kappa shape index (κ2) is 17.1. The third-order valence-electron chi connectivity index (χ3n) is 5.19. The largest absolute Gasteiger partial charge is 0.492 e. The Labute approximate surface area is 227 Å². The third-order valence-corrected chi connectivity index (χ3v) is 5.19. The molecule has 2 aromatic rings. The number of benzene rings is 1. The molecule has 38 heavy (non-hydrogen) atoms. The molecule has 1 aromatic carbocycles. The van der Waals surface area contributed by atoms with Crippen LogP contribution in [0.4, 0.5) is 26.4 Å². The van der Waals surface area contributed by atoms with Gasteiger partial charge in [0.05, 0.1) is 23.1 Å². The fourth-order valence-electron chi connectivity index (χ4n) is 2.95. The van der Waals surface area contributed by atoms with Crippen LogP contribution in [0, 0.1) is 11.2 Å². The molecule has 0 unspecified atom stereocenters. The Bertz CT molecular complexity index is 1030. The molecular formula is C29H45FN6O2. The molecular weight excluding hydrogens is 483 g/mol. The lowest BCUT2D eigenvalue weighted by molar-refractivity contribution is 0.250. The number of rotatable bonds is 12. The number of urea groups is 1. The van der Waals surface area contributed by atoms with Crippen LogP contribution >= 0.6 is 0 Å². The standard InChI is InChI=1S/C25H35FN6O2.C4H10/c1-7-28-21-15-19(34-13-12-27-6)14-20(26)23(21)17(2)31-18-8-9-22(30-16-18)32-24(33)29-11-10-25(3,4)5;1-3-4-2/h7-9,14-16,27,31H,2,10-13H2,1,3-6H3,(H2,29,30,32,33);3-4H2,1-2H3. The van der Waals surface area contributed by atoms with Crippen molar-refractivity contribution < 1.29 is 13.9 Å². The predicted molar refractivity (Wildman–Crippen MR) is 158 cm³/mol. The van der Waals surface area contributed by atoms with Gasteiger partial charge in [-0.05, 0) is 37.9 Å². The summed E-state index contributed by atoms with van der Waals surface area (Å²) in [5, 5.41) is 11.5. The van der Waals surface area contributed by atoms with E-state index in [4.69, 9.17) is 4.74 Å². The van der Waals surface area contributed by atoms with Gasteiger partial charge in [-0.3, -0.25) is 10.3 Å². The first-order valence-electron chi connectivity index (χ1n) is 13.1. The van der Waals surface area contributed by atoms with Crippen molar-refractivity contribution in [3.8, 4) is 5.75 Å². The fourth-order valence-corrected chi connectivity index (χ4v) is 2.95.